The van der Waals surface area contributed by atoms with Gasteiger partial charge >= 0.3 is 0 Å². The van der Waals surface area contributed by atoms with Crippen LogP contribution in [0.1, 0.15) is 6.42 Å². The first kappa shape index (κ1) is 11.8. The van der Waals surface area contributed by atoms with Crippen LogP contribution >= 0.6 is 0 Å². The van der Waals surface area contributed by atoms with E-state index in [-0.39, 0.29) is 0 Å². The lowest BCUT2D eigenvalue weighted by atomic mass is 10.2. The summed E-state index contributed by atoms with van der Waals surface area (Å²) in [5.41, 5.74) is 0.658. The molecular weight excluding hydrogens is 194 g/mol. The molecule has 0 aliphatic heterocycles. The molecule has 1 aliphatic rings. The predicted octanol–water partition coefficient (Wildman–Crippen LogP) is 0.952. The van der Waals surface area contributed by atoms with E-state index in [0.29, 0.717) is 30.1 Å². The van der Waals surface area contributed by atoms with Crippen LogP contribution in [0.2, 0.25) is 0 Å². The molecule has 0 atom stereocenters. The number of rotatable bonds is 6. The van der Waals surface area contributed by atoms with Gasteiger partial charge in [0.25, 0.3) is 0 Å². The monoisotopic (exact) mass is 211 g/mol. The van der Waals surface area contributed by atoms with Crippen molar-refractivity contribution in [2.45, 2.75) is 6.42 Å². The highest BCUT2D eigenvalue weighted by molar-refractivity contribution is 5.77. The molecule has 0 heterocycles. The first-order valence-corrected chi connectivity index (χ1v) is 4.89. The second kappa shape index (κ2) is 5.56. The van der Waals surface area contributed by atoms with Crippen molar-refractivity contribution in [1.82, 2.24) is 4.90 Å². The van der Waals surface area contributed by atoms with Crippen molar-refractivity contribution in [2.75, 3.05) is 34.4 Å². The minimum atomic E-state index is 0.556. The molecule has 0 amide bonds. The lowest BCUT2D eigenvalue weighted by Crippen LogP contribution is -2.18. The normalized spacial score (nSPS) is 15.6. The maximum atomic E-state index is 10.7. The molecule has 1 aliphatic carbocycles. The third kappa shape index (κ3) is 3.09. The summed E-state index contributed by atoms with van der Waals surface area (Å²) in [6.07, 6.45) is 3.28. The summed E-state index contributed by atoms with van der Waals surface area (Å²) >= 11 is 0. The van der Waals surface area contributed by atoms with Crippen LogP contribution in [0.15, 0.2) is 23.2 Å². The summed E-state index contributed by atoms with van der Waals surface area (Å²) in [5.74, 6) is 1.25. The van der Waals surface area contributed by atoms with Crippen molar-refractivity contribution in [2.24, 2.45) is 0 Å². The van der Waals surface area contributed by atoms with Crippen molar-refractivity contribution in [3.8, 4) is 0 Å². The van der Waals surface area contributed by atoms with Crippen molar-refractivity contribution in [3.63, 3.8) is 0 Å². The Morgan fingerprint density at radius 3 is 2.80 bits per heavy atom. The molecule has 0 aromatic carbocycles. The predicted molar refractivity (Wildman–Crippen MR) is 57.3 cm³/mol. The second-order valence-electron chi connectivity index (χ2n) is 3.60. The highest BCUT2D eigenvalue weighted by Crippen LogP contribution is 2.26. The number of carbonyl (C=O) groups excluding carboxylic acids is 1. The Morgan fingerprint density at radius 1 is 1.53 bits per heavy atom. The first-order valence-electron chi connectivity index (χ1n) is 4.89. The van der Waals surface area contributed by atoms with Gasteiger partial charge in [0.15, 0.2) is 11.5 Å². The van der Waals surface area contributed by atoms with Crippen molar-refractivity contribution in [3.05, 3.63) is 23.2 Å². The van der Waals surface area contributed by atoms with E-state index in [2.05, 4.69) is 0 Å². The van der Waals surface area contributed by atoms with E-state index in [1.165, 1.54) is 0 Å². The number of methoxy groups -OCH3 is 1. The van der Waals surface area contributed by atoms with Gasteiger partial charge < -0.3 is 14.4 Å². The van der Waals surface area contributed by atoms with E-state index in [9.17, 15) is 4.79 Å². The van der Waals surface area contributed by atoms with Crippen LogP contribution in [0, 0.1) is 0 Å². The van der Waals surface area contributed by atoms with Crippen LogP contribution in [0.25, 0.3) is 0 Å². The summed E-state index contributed by atoms with van der Waals surface area (Å²) in [5, 5.41) is 0. The fourth-order valence-corrected chi connectivity index (χ4v) is 1.32. The molecule has 0 bridgehead atoms. The van der Waals surface area contributed by atoms with E-state index in [4.69, 9.17) is 9.47 Å². The maximum Gasteiger partial charge on any atom is 0.167 e. The molecule has 0 fully saturated rings. The Bertz CT molecular complexity index is 292. The molecule has 0 saturated heterocycles. The van der Waals surface area contributed by atoms with Crippen LogP contribution in [-0.4, -0.2) is 45.5 Å². The Hall–Kier alpha value is -1.29. The van der Waals surface area contributed by atoms with Crippen LogP contribution < -0.4 is 0 Å². The molecule has 0 unspecified atom stereocenters. The molecule has 84 valence electrons. The number of hydrogen-bond acceptors (Lipinski definition) is 4. The van der Waals surface area contributed by atoms with Crippen molar-refractivity contribution >= 4 is 6.29 Å². The Morgan fingerprint density at radius 2 is 2.27 bits per heavy atom. The van der Waals surface area contributed by atoms with Crippen LogP contribution in [0.5, 0.6) is 0 Å². The molecule has 0 radical (unpaired) electrons. The van der Waals surface area contributed by atoms with Crippen LogP contribution in [0.4, 0.5) is 0 Å². The van der Waals surface area contributed by atoms with E-state index < -0.39 is 0 Å². The number of allylic oxidation sites excluding steroid dienone is 2. The van der Waals surface area contributed by atoms with Gasteiger partial charge in [-0.15, -0.1) is 0 Å². The highest BCUT2D eigenvalue weighted by Gasteiger charge is 2.19. The van der Waals surface area contributed by atoms with Gasteiger partial charge in [-0.3, -0.25) is 4.79 Å². The molecule has 0 aromatic heterocycles. The number of aldehydes is 1. The van der Waals surface area contributed by atoms with Crippen molar-refractivity contribution in [1.29, 1.82) is 0 Å². The minimum absolute atomic E-state index is 0.556. The van der Waals surface area contributed by atoms with E-state index in [0.717, 1.165) is 12.8 Å². The van der Waals surface area contributed by atoms with E-state index in [1.54, 1.807) is 7.11 Å². The van der Waals surface area contributed by atoms with E-state index in [1.807, 2.05) is 25.1 Å². The van der Waals surface area contributed by atoms with E-state index >= 15 is 0 Å². The summed E-state index contributed by atoms with van der Waals surface area (Å²) in [4.78, 5) is 12.8. The summed E-state index contributed by atoms with van der Waals surface area (Å²) < 4.78 is 10.7. The number of likely N-dealkylation sites (N-methyl/N-ethyl adjacent to an activating group) is 1. The highest BCUT2D eigenvalue weighted by atomic mass is 16.5. The zero-order valence-electron chi connectivity index (χ0n) is 9.45. The molecule has 4 nitrogen and oxygen atoms in total. The zero-order valence-corrected chi connectivity index (χ0v) is 9.45. The number of hydrogen-bond donors (Lipinski definition) is 0. The number of carbonyl (C=O) groups is 1. The fraction of sp³-hybridized carbons (Fsp3) is 0.545. The molecule has 1 rings (SSSR count). The van der Waals surface area contributed by atoms with Crippen molar-refractivity contribution < 1.29 is 14.3 Å². The molecule has 0 N–H and O–H groups in total. The lowest BCUT2D eigenvalue weighted by molar-refractivity contribution is -0.105. The maximum absolute atomic E-state index is 10.7. The zero-order chi connectivity index (χ0) is 11.3. The van der Waals surface area contributed by atoms with Crippen LogP contribution in [-0.2, 0) is 14.3 Å². The smallest absolute Gasteiger partial charge is 0.167 e. The lowest BCUT2D eigenvalue weighted by Gasteiger charge is -2.13. The van der Waals surface area contributed by atoms with Crippen LogP contribution in [0.3, 0.4) is 0 Å². The van der Waals surface area contributed by atoms with Gasteiger partial charge in [0.05, 0.1) is 7.11 Å². The third-order valence-electron chi connectivity index (χ3n) is 2.17. The Labute approximate surface area is 90.2 Å². The topological polar surface area (TPSA) is 38.8 Å². The Balaban J connectivity index is 2.55. The number of ether oxygens (including phenoxy) is 2. The average Bonchev–Trinajstić information content (AvgIpc) is 2.59. The standard InChI is InChI=1S/C11H17NO3/c1-12(2)6-7-15-11-9(8-13)4-5-10(11)14-3/h5,8H,4,6-7H2,1-3H3. The van der Waals surface area contributed by atoms with Gasteiger partial charge in [-0.05, 0) is 20.2 Å². The third-order valence-corrected chi connectivity index (χ3v) is 2.17. The SMILES string of the molecule is COC1=CCC(C=O)=C1OCCN(C)C. The first-order chi connectivity index (χ1) is 7.19. The second-order valence-corrected chi connectivity index (χ2v) is 3.60. The van der Waals surface area contributed by atoms with Gasteiger partial charge in [-0.25, -0.2) is 0 Å². The Kier molecular flexibility index (Phi) is 4.37. The van der Waals surface area contributed by atoms with Gasteiger partial charge in [0.1, 0.15) is 12.9 Å². The quantitative estimate of drug-likeness (QED) is 0.613. The van der Waals surface area contributed by atoms with Gasteiger partial charge in [0, 0.05) is 18.5 Å². The molecule has 4 heteroatoms. The summed E-state index contributed by atoms with van der Waals surface area (Å²) in [6, 6.07) is 0. The van der Waals surface area contributed by atoms with Gasteiger partial charge in [0.2, 0.25) is 0 Å². The molecule has 15 heavy (non-hydrogen) atoms. The van der Waals surface area contributed by atoms with Gasteiger partial charge in [-0.1, -0.05) is 0 Å². The molecular formula is C11H17NO3. The van der Waals surface area contributed by atoms with Gasteiger partial charge in [-0.2, -0.15) is 0 Å². The largest absolute Gasteiger partial charge is 0.493 e. The average molecular weight is 211 g/mol. The molecule has 0 spiro atoms. The molecule has 0 saturated carbocycles. The summed E-state index contributed by atoms with van der Waals surface area (Å²) in [7, 11) is 5.52. The molecule has 0 aromatic rings. The fourth-order valence-electron chi connectivity index (χ4n) is 1.32. The minimum Gasteiger partial charge on any atom is -0.493 e. The summed E-state index contributed by atoms with van der Waals surface area (Å²) in [6.45, 7) is 1.37. The number of nitrogens with zero attached hydrogens (tertiary/aromatic N) is 1.